The zero-order valence-corrected chi connectivity index (χ0v) is 16.2. The summed E-state index contributed by atoms with van der Waals surface area (Å²) in [5.74, 6) is 1.22. The van der Waals surface area contributed by atoms with Crippen molar-refractivity contribution in [3.63, 3.8) is 0 Å². The monoisotopic (exact) mass is 408 g/mol. The SMILES string of the molecule is Cl.O=C(C1CNCCO1)N1CCC(COc2cc(Cl)cc(Cl)c2)CC1. The molecule has 5 nitrogen and oxygen atoms in total. The minimum absolute atomic E-state index is 0. The number of amides is 1. The summed E-state index contributed by atoms with van der Waals surface area (Å²) in [5, 5.41) is 4.33. The van der Waals surface area contributed by atoms with Crippen molar-refractivity contribution in [2.24, 2.45) is 5.92 Å². The van der Waals surface area contributed by atoms with E-state index in [9.17, 15) is 4.79 Å². The number of nitrogens with one attached hydrogen (secondary N) is 1. The Morgan fingerprint density at radius 1 is 1.24 bits per heavy atom. The van der Waals surface area contributed by atoms with Gasteiger partial charge in [0.05, 0.1) is 13.2 Å². The molecule has 0 radical (unpaired) electrons. The zero-order valence-electron chi connectivity index (χ0n) is 13.9. The van der Waals surface area contributed by atoms with Gasteiger partial charge in [0.2, 0.25) is 0 Å². The predicted molar refractivity (Wildman–Crippen MR) is 101 cm³/mol. The molecule has 2 fully saturated rings. The van der Waals surface area contributed by atoms with Crippen molar-refractivity contribution >= 4 is 41.5 Å². The third-order valence-corrected chi connectivity index (χ3v) is 4.89. The summed E-state index contributed by atoms with van der Waals surface area (Å²) in [6, 6.07) is 5.21. The average molecular weight is 410 g/mol. The van der Waals surface area contributed by atoms with E-state index in [4.69, 9.17) is 32.7 Å². The first-order chi connectivity index (χ1) is 11.6. The molecule has 0 aromatic heterocycles. The third-order valence-electron chi connectivity index (χ3n) is 4.45. The van der Waals surface area contributed by atoms with Crippen LogP contribution in [0, 0.1) is 5.92 Å². The summed E-state index contributed by atoms with van der Waals surface area (Å²) >= 11 is 11.9. The van der Waals surface area contributed by atoms with Crippen LogP contribution in [-0.2, 0) is 9.53 Å². The topological polar surface area (TPSA) is 50.8 Å². The third kappa shape index (κ3) is 5.90. The second-order valence-corrected chi connectivity index (χ2v) is 7.12. The van der Waals surface area contributed by atoms with E-state index in [0.717, 1.165) is 32.5 Å². The number of rotatable bonds is 4. The molecule has 2 aliphatic rings. The lowest BCUT2D eigenvalue weighted by atomic mass is 9.97. The van der Waals surface area contributed by atoms with Gasteiger partial charge in [-0.15, -0.1) is 12.4 Å². The van der Waals surface area contributed by atoms with Gasteiger partial charge in [-0.05, 0) is 37.0 Å². The Hall–Kier alpha value is -0.720. The summed E-state index contributed by atoms with van der Waals surface area (Å²) < 4.78 is 11.4. The molecule has 1 amide bonds. The molecule has 1 unspecified atom stereocenters. The van der Waals surface area contributed by atoms with E-state index in [2.05, 4.69) is 5.32 Å². The molecule has 140 valence electrons. The van der Waals surface area contributed by atoms with Crippen molar-refractivity contribution in [1.29, 1.82) is 0 Å². The highest BCUT2D eigenvalue weighted by Gasteiger charge is 2.30. The quantitative estimate of drug-likeness (QED) is 0.830. The van der Waals surface area contributed by atoms with Gasteiger partial charge >= 0.3 is 0 Å². The van der Waals surface area contributed by atoms with Crippen LogP contribution < -0.4 is 10.1 Å². The number of hydrogen-bond acceptors (Lipinski definition) is 4. The van der Waals surface area contributed by atoms with Gasteiger partial charge in [0.25, 0.3) is 5.91 Å². The number of hydrogen-bond donors (Lipinski definition) is 1. The summed E-state index contributed by atoms with van der Waals surface area (Å²) in [5.41, 5.74) is 0. The normalized spacial score (nSPS) is 21.5. The molecular formula is C17H23Cl3N2O3. The van der Waals surface area contributed by atoms with E-state index in [1.807, 2.05) is 4.90 Å². The van der Waals surface area contributed by atoms with E-state index in [1.165, 1.54) is 0 Å². The molecule has 0 aliphatic carbocycles. The number of ether oxygens (including phenoxy) is 2. The summed E-state index contributed by atoms with van der Waals surface area (Å²) in [7, 11) is 0. The molecule has 0 saturated carbocycles. The summed E-state index contributed by atoms with van der Waals surface area (Å²) in [4.78, 5) is 14.3. The molecule has 0 bridgehead atoms. The molecule has 3 rings (SSSR count). The Balaban J connectivity index is 0.00000225. The molecule has 1 aromatic rings. The first-order valence-corrected chi connectivity index (χ1v) is 9.07. The second kappa shape index (κ2) is 9.83. The maximum absolute atomic E-state index is 12.4. The van der Waals surface area contributed by atoms with Crippen molar-refractivity contribution in [3.8, 4) is 5.75 Å². The Morgan fingerprint density at radius 2 is 1.92 bits per heavy atom. The largest absolute Gasteiger partial charge is 0.493 e. The lowest BCUT2D eigenvalue weighted by molar-refractivity contribution is -0.146. The van der Waals surface area contributed by atoms with E-state index in [1.54, 1.807) is 18.2 Å². The molecule has 2 aliphatic heterocycles. The molecular weight excluding hydrogens is 387 g/mol. The number of halogens is 3. The van der Waals surface area contributed by atoms with Gasteiger partial charge in [-0.1, -0.05) is 23.2 Å². The van der Waals surface area contributed by atoms with Gasteiger partial charge in [-0.25, -0.2) is 0 Å². The van der Waals surface area contributed by atoms with Crippen LogP contribution in [0.3, 0.4) is 0 Å². The number of carbonyl (C=O) groups excluding carboxylic acids is 1. The fourth-order valence-electron chi connectivity index (χ4n) is 3.07. The maximum Gasteiger partial charge on any atom is 0.253 e. The van der Waals surface area contributed by atoms with Crippen LogP contribution in [0.5, 0.6) is 5.75 Å². The lowest BCUT2D eigenvalue weighted by Crippen LogP contribution is -2.51. The highest BCUT2D eigenvalue weighted by Crippen LogP contribution is 2.26. The Bertz CT molecular complexity index is 554. The number of piperidine rings is 1. The average Bonchev–Trinajstić information content (AvgIpc) is 2.60. The molecule has 1 N–H and O–H groups in total. The maximum atomic E-state index is 12.4. The first kappa shape index (κ1) is 20.6. The van der Waals surface area contributed by atoms with Crippen LogP contribution >= 0.6 is 35.6 Å². The van der Waals surface area contributed by atoms with Crippen LogP contribution in [0.25, 0.3) is 0 Å². The Kier molecular flexibility index (Phi) is 8.10. The Morgan fingerprint density at radius 3 is 2.52 bits per heavy atom. The van der Waals surface area contributed by atoms with Gasteiger partial charge in [0.15, 0.2) is 0 Å². The Labute approximate surface area is 164 Å². The number of benzene rings is 1. The highest BCUT2D eigenvalue weighted by molar-refractivity contribution is 6.34. The minimum atomic E-state index is -0.333. The van der Waals surface area contributed by atoms with Crippen molar-refractivity contribution in [1.82, 2.24) is 10.2 Å². The van der Waals surface area contributed by atoms with Gasteiger partial charge < -0.3 is 19.7 Å². The second-order valence-electron chi connectivity index (χ2n) is 6.25. The molecule has 1 atom stereocenters. The molecule has 2 saturated heterocycles. The lowest BCUT2D eigenvalue weighted by Gasteiger charge is -2.35. The van der Waals surface area contributed by atoms with Gasteiger partial charge in [-0.2, -0.15) is 0 Å². The van der Waals surface area contributed by atoms with Gasteiger partial charge in [0, 0.05) is 36.2 Å². The van der Waals surface area contributed by atoms with Crippen molar-refractivity contribution < 1.29 is 14.3 Å². The standard InChI is InChI=1S/C17H22Cl2N2O3.ClH/c18-13-7-14(19)9-15(8-13)24-11-12-1-4-21(5-2-12)17(22)16-10-20-3-6-23-16;/h7-9,12,16,20H,1-6,10-11H2;1H. The van der Waals surface area contributed by atoms with Crippen LogP contribution in [0.15, 0.2) is 18.2 Å². The van der Waals surface area contributed by atoms with Crippen LogP contribution in [0.2, 0.25) is 10.0 Å². The van der Waals surface area contributed by atoms with Crippen molar-refractivity contribution in [2.75, 3.05) is 39.4 Å². The number of carbonyl (C=O) groups is 1. The molecule has 25 heavy (non-hydrogen) atoms. The molecule has 0 spiro atoms. The molecule has 2 heterocycles. The fraction of sp³-hybridized carbons (Fsp3) is 0.588. The van der Waals surface area contributed by atoms with E-state index in [0.29, 0.717) is 41.5 Å². The zero-order chi connectivity index (χ0) is 16.9. The van der Waals surface area contributed by atoms with Gasteiger partial charge in [0.1, 0.15) is 11.9 Å². The van der Waals surface area contributed by atoms with Gasteiger partial charge in [-0.3, -0.25) is 4.79 Å². The molecule has 8 heteroatoms. The van der Waals surface area contributed by atoms with E-state index in [-0.39, 0.29) is 24.4 Å². The first-order valence-electron chi connectivity index (χ1n) is 8.32. The van der Waals surface area contributed by atoms with E-state index < -0.39 is 0 Å². The number of morpholine rings is 1. The number of likely N-dealkylation sites (tertiary alicyclic amines) is 1. The fourth-order valence-corrected chi connectivity index (χ4v) is 3.58. The smallest absolute Gasteiger partial charge is 0.253 e. The van der Waals surface area contributed by atoms with Crippen molar-refractivity contribution in [2.45, 2.75) is 18.9 Å². The minimum Gasteiger partial charge on any atom is -0.493 e. The summed E-state index contributed by atoms with van der Waals surface area (Å²) in [6.45, 7) is 4.14. The van der Waals surface area contributed by atoms with Crippen LogP contribution in [-0.4, -0.2) is 56.3 Å². The van der Waals surface area contributed by atoms with Crippen LogP contribution in [0.1, 0.15) is 12.8 Å². The summed E-state index contributed by atoms with van der Waals surface area (Å²) in [6.07, 6.45) is 1.53. The van der Waals surface area contributed by atoms with Crippen LogP contribution in [0.4, 0.5) is 0 Å². The number of nitrogens with zero attached hydrogens (tertiary/aromatic N) is 1. The molecule has 1 aromatic carbocycles. The van der Waals surface area contributed by atoms with Crippen molar-refractivity contribution in [3.05, 3.63) is 28.2 Å². The van der Waals surface area contributed by atoms with E-state index >= 15 is 0 Å². The highest BCUT2D eigenvalue weighted by atomic mass is 35.5. The predicted octanol–water partition coefficient (Wildman–Crippen LogP) is 3.02.